The number of amides is 1. The van der Waals surface area contributed by atoms with Gasteiger partial charge in [-0.2, -0.15) is 5.10 Å². The van der Waals surface area contributed by atoms with E-state index in [4.69, 9.17) is 0 Å². The van der Waals surface area contributed by atoms with Crippen molar-refractivity contribution in [3.63, 3.8) is 0 Å². The molecule has 1 N–H and O–H groups in total. The molecule has 128 valence electrons. The number of hydrogen-bond acceptors (Lipinski definition) is 4. The second kappa shape index (κ2) is 8.06. The van der Waals surface area contributed by atoms with E-state index in [9.17, 15) is 4.79 Å². The number of rotatable bonds is 6. The van der Waals surface area contributed by atoms with E-state index in [1.54, 1.807) is 17.3 Å². The number of likely N-dealkylation sites (N-methyl/N-ethyl adjacent to an activating group) is 1. The molecule has 2 aromatic rings. The second-order valence-corrected chi connectivity index (χ2v) is 6.34. The maximum atomic E-state index is 12.5. The first kappa shape index (κ1) is 16.6. The van der Waals surface area contributed by atoms with Crippen molar-refractivity contribution in [2.45, 2.75) is 31.7 Å². The van der Waals surface area contributed by atoms with Crippen molar-refractivity contribution in [1.82, 2.24) is 25.0 Å². The smallest absolute Gasteiger partial charge is 0.244 e. The van der Waals surface area contributed by atoms with Crippen LogP contribution >= 0.6 is 0 Å². The molecule has 0 radical (unpaired) electrons. The number of carbonyl (C=O) groups is 1. The lowest BCUT2D eigenvalue weighted by Crippen LogP contribution is -2.34. The largest absolute Gasteiger partial charge is 0.344 e. The topological polar surface area (TPSA) is 63.1 Å². The predicted molar refractivity (Wildman–Crippen MR) is 92.6 cm³/mol. The van der Waals surface area contributed by atoms with Crippen molar-refractivity contribution in [3.05, 3.63) is 48.0 Å². The highest BCUT2D eigenvalue weighted by molar-refractivity contribution is 5.75. The van der Waals surface area contributed by atoms with Gasteiger partial charge in [-0.15, -0.1) is 0 Å². The van der Waals surface area contributed by atoms with Crippen molar-refractivity contribution in [3.8, 4) is 0 Å². The molecule has 6 heteroatoms. The molecule has 1 amide bonds. The van der Waals surface area contributed by atoms with E-state index in [1.165, 1.54) is 6.42 Å². The van der Waals surface area contributed by atoms with Gasteiger partial charge in [-0.1, -0.05) is 6.07 Å². The summed E-state index contributed by atoms with van der Waals surface area (Å²) >= 11 is 0. The maximum Gasteiger partial charge on any atom is 0.244 e. The quantitative estimate of drug-likeness (QED) is 0.872. The Bertz CT molecular complexity index is 648. The number of hydrogen-bond donors (Lipinski definition) is 1. The van der Waals surface area contributed by atoms with E-state index in [0.29, 0.717) is 19.0 Å². The Balaban J connectivity index is 1.55. The van der Waals surface area contributed by atoms with Gasteiger partial charge in [0.2, 0.25) is 5.91 Å². The molecule has 1 aliphatic rings. The normalized spacial score (nSPS) is 17.6. The van der Waals surface area contributed by atoms with Gasteiger partial charge in [-0.3, -0.25) is 14.5 Å². The highest BCUT2D eigenvalue weighted by atomic mass is 16.2. The standard InChI is InChI=1S/C18H25N5O/c1-22(12-8-16-6-2-3-10-20-16)18(24)14-23-17(7-11-21-23)15-5-4-9-19-13-15/h2-3,6-7,10-11,15,19H,4-5,8-9,12-14H2,1H3/t15-/m1/s1. The third kappa shape index (κ3) is 4.20. The lowest BCUT2D eigenvalue weighted by Gasteiger charge is -2.24. The van der Waals surface area contributed by atoms with Crippen molar-refractivity contribution in [2.24, 2.45) is 0 Å². The van der Waals surface area contributed by atoms with E-state index in [-0.39, 0.29) is 5.91 Å². The van der Waals surface area contributed by atoms with Crippen molar-refractivity contribution >= 4 is 5.91 Å². The van der Waals surface area contributed by atoms with Gasteiger partial charge < -0.3 is 10.2 Å². The van der Waals surface area contributed by atoms with Gasteiger partial charge in [0.05, 0.1) is 0 Å². The molecule has 24 heavy (non-hydrogen) atoms. The SMILES string of the molecule is CN(CCc1ccccn1)C(=O)Cn1nccc1[C@@H]1CCCNC1. The fourth-order valence-electron chi connectivity index (χ4n) is 3.13. The van der Waals surface area contributed by atoms with Crippen LogP contribution in [0.2, 0.25) is 0 Å². The molecule has 3 rings (SSSR count). The summed E-state index contributed by atoms with van der Waals surface area (Å²) in [5.41, 5.74) is 2.17. The fourth-order valence-corrected chi connectivity index (χ4v) is 3.13. The van der Waals surface area contributed by atoms with Crippen LogP contribution in [0.5, 0.6) is 0 Å². The molecule has 0 unspecified atom stereocenters. The number of carbonyl (C=O) groups excluding carboxylic acids is 1. The summed E-state index contributed by atoms with van der Waals surface area (Å²) in [5, 5.41) is 7.78. The van der Waals surface area contributed by atoms with Gasteiger partial charge in [0.15, 0.2) is 0 Å². The lowest BCUT2D eigenvalue weighted by molar-refractivity contribution is -0.130. The molecule has 0 saturated carbocycles. The maximum absolute atomic E-state index is 12.5. The molecule has 6 nitrogen and oxygen atoms in total. The summed E-state index contributed by atoms with van der Waals surface area (Å²) in [6.45, 7) is 3.02. The van der Waals surface area contributed by atoms with E-state index in [1.807, 2.05) is 36.0 Å². The van der Waals surface area contributed by atoms with Crippen molar-refractivity contribution in [2.75, 3.05) is 26.7 Å². The first-order valence-corrected chi connectivity index (χ1v) is 8.60. The molecule has 3 heterocycles. The Labute approximate surface area is 142 Å². The Kier molecular flexibility index (Phi) is 5.59. The van der Waals surface area contributed by atoms with Gasteiger partial charge in [0.1, 0.15) is 6.54 Å². The minimum Gasteiger partial charge on any atom is -0.344 e. The monoisotopic (exact) mass is 327 g/mol. The van der Waals surface area contributed by atoms with Crippen LogP contribution in [-0.2, 0) is 17.8 Å². The molecule has 0 spiro atoms. The van der Waals surface area contributed by atoms with Gasteiger partial charge in [-0.25, -0.2) is 0 Å². The van der Waals surface area contributed by atoms with Gasteiger partial charge >= 0.3 is 0 Å². The molecule has 2 aromatic heterocycles. The summed E-state index contributed by atoms with van der Waals surface area (Å²) in [6.07, 6.45) is 6.67. The average molecular weight is 327 g/mol. The van der Waals surface area contributed by atoms with Gasteiger partial charge in [-0.05, 0) is 37.6 Å². The molecule has 1 aliphatic heterocycles. The Morgan fingerprint density at radius 3 is 3.04 bits per heavy atom. The van der Waals surface area contributed by atoms with Crippen LogP contribution in [0.1, 0.15) is 30.1 Å². The van der Waals surface area contributed by atoms with Crippen LogP contribution in [0.4, 0.5) is 0 Å². The average Bonchev–Trinajstić information content (AvgIpc) is 3.09. The Morgan fingerprint density at radius 2 is 2.29 bits per heavy atom. The van der Waals surface area contributed by atoms with Crippen LogP contribution < -0.4 is 5.32 Å². The minimum atomic E-state index is 0.0830. The number of piperidine rings is 1. The molecular formula is C18H25N5O. The molecular weight excluding hydrogens is 302 g/mol. The van der Waals surface area contributed by atoms with E-state index >= 15 is 0 Å². The predicted octanol–water partition coefficient (Wildman–Crippen LogP) is 1.45. The summed E-state index contributed by atoms with van der Waals surface area (Å²) in [6, 6.07) is 7.90. The summed E-state index contributed by atoms with van der Waals surface area (Å²) < 4.78 is 1.86. The highest BCUT2D eigenvalue weighted by Gasteiger charge is 2.20. The summed E-state index contributed by atoms with van der Waals surface area (Å²) in [4.78, 5) is 18.6. The third-order valence-corrected chi connectivity index (χ3v) is 4.60. The van der Waals surface area contributed by atoms with E-state index in [0.717, 1.165) is 37.3 Å². The number of pyridine rings is 1. The van der Waals surface area contributed by atoms with E-state index < -0.39 is 0 Å². The van der Waals surface area contributed by atoms with Crippen LogP contribution in [0, 0.1) is 0 Å². The van der Waals surface area contributed by atoms with Crippen LogP contribution in [0.25, 0.3) is 0 Å². The van der Waals surface area contributed by atoms with Gasteiger partial charge in [0, 0.05) is 56.3 Å². The summed E-state index contributed by atoms with van der Waals surface area (Å²) in [7, 11) is 1.84. The van der Waals surface area contributed by atoms with Crippen LogP contribution in [-0.4, -0.2) is 52.3 Å². The zero-order chi connectivity index (χ0) is 16.8. The molecule has 0 aromatic carbocycles. The molecule has 0 bridgehead atoms. The number of nitrogens with one attached hydrogen (secondary N) is 1. The zero-order valence-electron chi connectivity index (χ0n) is 14.2. The number of aromatic nitrogens is 3. The minimum absolute atomic E-state index is 0.0830. The zero-order valence-corrected chi connectivity index (χ0v) is 14.2. The third-order valence-electron chi connectivity index (χ3n) is 4.60. The van der Waals surface area contributed by atoms with Crippen molar-refractivity contribution < 1.29 is 4.79 Å². The molecule has 0 aliphatic carbocycles. The fraction of sp³-hybridized carbons (Fsp3) is 0.500. The molecule has 1 atom stereocenters. The lowest BCUT2D eigenvalue weighted by atomic mass is 9.96. The Hall–Kier alpha value is -2.21. The van der Waals surface area contributed by atoms with Gasteiger partial charge in [0.25, 0.3) is 0 Å². The number of nitrogens with zero attached hydrogens (tertiary/aromatic N) is 4. The van der Waals surface area contributed by atoms with Crippen LogP contribution in [0.3, 0.4) is 0 Å². The van der Waals surface area contributed by atoms with E-state index in [2.05, 4.69) is 15.4 Å². The van der Waals surface area contributed by atoms with Crippen molar-refractivity contribution in [1.29, 1.82) is 0 Å². The summed E-state index contributed by atoms with van der Waals surface area (Å²) in [5.74, 6) is 0.535. The highest BCUT2D eigenvalue weighted by Crippen LogP contribution is 2.22. The van der Waals surface area contributed by atoms with Crippen LogP contribution in [0.15, 0.2) is 36.7 Å². The first-order valence-electron chi connectivity index (χ1n) is 8.60. The Morgan fingerprint density at radius 1 is 1.38 bits per heavy atom. The molecule has 1 fully saturated rings. The molecule has 1 saturated heterocycles. The first-order chi connectivity index (χ1) is 11.7. The second-order valence-electron chi connectivity index (χ2n) is 6.34.